The third-order valence-electron chi connectivity index (χ3n) is 2.31. The van der Waals surface area contributed by atoms with Crippen molar-refractivity contribution in [1.82, 2.24) is 15.0 Å². The van der Waals surface area contributed by atoms with E-state index in [9.17, 15) is 0 Å². The van der Waals surface area contributed by atoms with Crippen molar-refractivity contribution in [3.05, 3.63) is 22.2 Å². The molecule has 1 aromatic heterocycles. The molecule has 0 saturated heterocycles. The number of hydrogen-bond acceptors (Lipinski definition) is 2. The van der Waals surface area contributed by atoms with Gasteiger partial charge in [0.25, 0.3) is 0 Å². The first-order valence-electron chi connectivity index (χ1n) is 4.72. The summed E-state index contributed by atoms with van der Waals surface area (Å²) < 4.78 is 3.04. The number of rotatable bonds is 2. The molecule has 0 atom stereocenters. The van der Waals surface area contributed by atoms with Crippen molar-refractivity contribution in [2.75, 3.05) is 0 Å². The first-order chi connectivity index (χ1) is 6.74. The molecule has 14 heavy (non-hydrogen) atoms. The van der Waals surface area contributed by atoms with Crippen molar-refractivity contribution in [2.24, 2.45) is 0 Å². The Hall–Kier alpha value is -0.900. The molecule has 1 heterocycles. The third kappa shape index (κ3) is 1.43. The molecule has 1 aromatic carbocycles. The molecule has 0 spiro atoms. The van der Waals surface area contributed by atoms with Crippen LogP contribution in [0.5, 0.6) is 0 Å². The summed E-state index contributed by atoms with van der Waals surface area (Å²) in [6, 6.07) is 4.11. The number of aromatic nitrogens is 3. The van der Waals surface area contributed by atoms with Gasteiger partial charge in [-0.3, -0.25) is 0 Å². The average Bonchev–Trinajstić information content (AvgIpc) is 2.57. The van der Waals surface area contributed by atoms with E-state index in [1.165, 1.54) is 0 Å². The van der Waals surface area contributed by atoms with Gasteiger partial charge in [0.15, 0.2) is 0 Å². The fourth-order valence-electron chi connectivity index (χ4n) is 1.52. The predicted molar refractivity (Wildman–Crippen MR) is 60.3 cm³/mol. The van der Waals surface area contributed by atoms with Crippen molar-refractivity contribution in [3.63, 3.8) is 0 Å². The summed E-state index contributed by atoms with van der Waals surface area (Å²) in [7, 11) is 0. The minimum absolute atomic E-state index is 0.928. The van der Waals surface area contributed by atoms with Crippen molar-refractivity contribution in [3.8, 4) is 0 Å². The second kappa shape index (κ2) is 3.69. The number of benzene rings is 1. The van der Waals surface area contributed by atoms with E-state index in [1.807, 2.05) is 10.7 Å². The van der Waals surface area contributed by atoms with E-state index in [0.717, 1.165) is 34.0 Å². The summed E-state index contributed by atoms with van der Waals surface area (Å²) in [6.45, 7) is 5.12. The highest BCUT2D eigenvalue weighted by Gasteiger charge is 2.07. The number of aryl methyl sites for hydroxylation is 2. The lowest BCUT2D eigenvalue weighted by Gasteiger charge is -2.00. The Morgan fingerprint density at radius 1 is 1.43 bits per heavy atom. The number of nitrogens with zero attached hydrogens (tertiary/aromatic N) is 3. The number of hydrogen-bond donors (Lipinski definition) is 0. The molecule has 0 N–H and O–H groups in total. The molecule has 0 radical (unpaired) electrons. The Labute approximate surface area is 91.2 Å². The van der Waals surface area contributed by atoms with Crippen molar-refractivity contribution in [1.29, 1.82) is 0 Å². The van der Waals surface area contributed by atoms with E-state index in [4.69, 9.17) is 0 Å². The zero-order valence-corrected chi connectivity index (χ0v) is 9.87. The predicted octanol–water partition coefficient (Wildman–Crippen LogP) is 2.91. The van der Waals surface area contributed by atoms with Crippen molar-refractivity contribution in [2.45, 2.75) is 26.8 Å². The molecule has 2 rings (SSSR count). The Morgan fingerprint density at radius 2 is 2.21 bits per heavy atom. The van der Waals surface area contributed by atoms with Crippen LogP contribution in [0.3, 0.4) is 0 Å². The molecule has 0 aliphatic heterocycles. The standard InChI is InChI=1S/C10H12BrN3/c1-3-6-14-9-5-4-8(11)7(2)10(9)12-13-14/h4-5H,3,6H2,1-2H3. The van der Waals surface area contributed by atoms with Gasteiger partial charge in [-0.25, -0.2) is 4.68 Å². The van der Waals surface area contributed by atoms with Crippen LogP contribution in [0.1, 0.15) is 18.9 Å². The molecule has 4 heteroatoms. The van der Waals surface area contributed by atoms with Crippen LogP contribution in [-0.2, 0) is 6.54 Å². The van der Waals surface area contributed by atoms with Gasteiger partial charge in [-0.15, -0.1) is 5.10 Å². The van der Waals surface area contributed by atoms with Crippen LogP contribution in [0.2, 0.25) is 0 Å². The molecule has 2 aromatic rings. The van der Waals surface area contributed by atoms with Gasteiger partial charge in [-0.05, 0) is 31.0 Å². The lowest BCUT2D eigenvalue weighted by atomic mass is 10.2. The third-order valence-corrected chi connectivity index (χ3v) is 3.17. The fourth-order valence-corrected chi connectivity index (χ4v) is 1.84. The smallest absolute Gasteiger partial charge is 0.117 e. The number of halogens is 1. The summed E-state index contributed by atoms with van der Waals surface area (Å²) >= 11 is 3.49. The zero-order valence-electron chi connectivity index (χ0n) is 8.29. The van der Waals surface area contributed by atoms with Gasteiger partial charge < -0.3 is 0 Å². The normalized spacial score (nSPS) is 11.1. The van der Waals surface area contributed by atoms with Crippen molar-refractivity contribution >= 4 is 27.0 Å². The maximum atomic E-state index is 4.18. The largest absolute Gasteiger partial charge is 0.245 e. The van der Waals surface area contributed by atoms with Crippen LogP contribution in [-0.4, -0.2) is 15.0 Å². The minimum Gasteiger partial charge on any atom is -0.245 e. The molecule has 74 valence electrons. The molecule has 0 bridgehead atoms. The molecule has 0 amide bonds. The van der Waals surface area contributed by atoms with Gasteiger partial charge in [0.2, 0.25) is 0 Å². The second-order valence-corrected chi connectivity index (χ2v) is 4.21. The second-order valence-electron chi connectivity index (χ2n) is 3.35. The van der Waals surface area contributed by atoms with E-state index >= 15 is 0 Å². The lowest BCUT2D eigenvalue weighted by molar-refractivity contribution is 0.596. The zero-order chi connectivity index (χ0) is 10.1. The first kappa shape index (κ1) is 9.65. The Bertz CT molecular complexity index is 462. The average molecular weight is 254 g/mol. The van der Waals surface area contributed by atoms with Crippen molar-refractivity contribution < 1.29 is 0 Å². The molecule has 0 saturated carbocycles. The Balaban J connectivity index is 2.64. The Morgan fingerprint density at radius 3 is 2.93 bits per heavy atom. The maximum absolute atomic E-state index is 4.18. The van der Waals surface area contributed by atoms with Gasteiger partial charge in [-0.1, -0.05) is 28.1 Å². The molecule has 0 fully saturated rings. The quantitative estimate of drug-likeness (QED) is 0.824. The topological polar surface area (TPSA) is 30.7 Å². The first-order valence-corrected chi connectivity index (χ1v) is 5.51. The summed E-state index contributed by atoms with van der Waals surface area (Å²) in [5, 5.41) is 8.31. The highest BCUT2D eigenvalue weighted by atomic mass is 79.9. The summed E-state index contributed by atoms with van der Waals surface area (Å²) in [5.41, 5.74) is 3.27. The summed E-state index contributed by atoms with van der Waals surface area (Å²) in [4.78, 5) is 0. The maximum Gasteiger partial charge on any atom is 0.117 e. The molecular weight excluding hydrogens is 242 g/mol. The molecule has 0 aliphatic rings. The molecule has 0 unspecified atom stereocenters. The summed E-state index contributed by atoms with van der Waals surface area (Å²) in [6.07, 6.45) is 1.08. The SMILES string of the molecule is CCCn1nnc2c(C)c(Br)ccc21. The molecular formula is C10H12BrN3. The van der Waals surface area contributed by atoms with E-state index in [1.54, 1.807) is 0 Å². The van der Waals surface area contributed by atoms with Crippen LogP contribution in [0.25, 0.3) is 11.0 Å². The van der Waals surface area contributed by atoms with Crippen LogP contribution < -0.4 is 0 Å². The van der Waals surface area contributed by atoms with Gasteiger partial charge >= 0.3 is 0 Å². The van der Waals surface area contributed by atoms with Crippen LogP contribution in [0.15, 0.2) is 16.6 Å². The van der Waals surface area contributed by atoms with Crippen LogP contribution in [0, 0.1) is 6.92 Å². The van der Waals surface area contributed by atoms with Gasteiger partial charge in [0, 0.05) is 11.0 Å². The monoisotopic (exact) mass is 253 g/mol. The van der Waals surface area contributed by atoms with E-state index in [2.05, 4.69) is 46.2 Å². The highest BCUT2D eigenvalue weighted by Crippen LogP contribution is 2.23. The molecule has 0 aliphatic carbocycles. The lowest BCUT2D eigenvalue weighted by Crippen LogP contribution is -1.98. The minimum atomic E-state index is 0.928. The Kier molecular flexibility index (Phi) is 2.54. The summed E-state index contributed by atoms with van der Waals surface area (Å²) in [5.74, 6) is 0. The van der Waals surface area contributed by atoms with Gasteiger partial charge in [0.1, 0.15) is 5.52 Å². The molecule has 3 nitrogen and oxygen atoms in total. The van der Waals surface area contributed by atoms with E-state index < -0.39 is 0 Å². The fraction of sp³-hybridized carbons (Fsp3) is 0.400. The van der Waals surface area contributed by atoms with Gasteiger partial charge in [0.05, 0.1) is 5.52 Å². The van der Waals surface area contributed by atoms with E-state index in [-0.39, 0.29) is 0 Å². The van der Waals surface area contributed by atoms with E-state index in [0.29, 0.717) is 0 Å². The van der Waals surface area contributed by atoms with Crippen LogP contribution >= 0.6 is 15.9 Å². The van der Waals surface area contributed by atoms with Gasteiger partial charge in [-0.2, -0.15) is 0 Å². The highest BCUT2D eigenvalue weighted by molar-refractivity contribution is 9.10. The van der Waals surface area contributed by atoms with Crippen LogP contribution in [0.4, 0.5) is 0 Å². The number of fused-ring (bicyclic) bond motifs is 1.